The van der Waals surface area contributed by atoms with Crippen LogP contribution in [-0.2, 0) is 21.4 Å². The van der Waals surface area contributed by atoms with Gasteiger partial charge in [0.1, 0.15) is 12.7 Å². The third-order valence-electron chi connectivity index (χ3n) is 8.15. The molecule has 4 heterocycles. The topological polar surface area (TPSA) is 103 Å². The number of carboxylic acids is 1. The number of likely N-dealkylation sites (tertiary alicyclic amines) is 1. The van der Waals surface area contributed by atoms with E-state index in [2.05, 4.69) is 6.92 Å². The minimum absolute atomic E-state index is 0.0185. The van der Waals surface area contributed by atoms with E-state index in [1.165, 1.54) is 0 Å². The zero-order valence-corrected chi connectivity index (χ0v) is 23.6. The minimum Gasteiger partial charge on any atom is -0.481 e. The van der Waals surface area contributed by atoms with E-state index < -0.39 is 17.9 Å². The zero-order chi connectivity index (χ0) is 28.9. The van der Waals surface area contributed by atoms with Crippen molar-refractivity contribution >= 4 is 29.7 Å². The molecule has 0 bridgehead atoms. The van der Waals surface area contributed by atoms with E-state index in [0.29, 0.717) is 44.0 Å². The van der Waals surface area contributed by atoms with E-state index in [4.69, 9.17) is 9.47 Å². The van der Waals surface area contributed by atoms with Crippen LogP contribution >= 0.6 is 0 Å². The molecule has 0 aliphatic carbocycles. The molecule has 3 atom stereocenters. The Labute approximate surface area is 240 Å². The van der Waals surface area contributed by atoms with E-state index >= 15 is 0 Å². The van der Waals surface area contributed by atoms with Crippen molar-refractivity contribution in [2.45, 2.75) is 44.6 Å². The average Bonchev–Trinajstić information content (AvgIpc) is 3.57. The van der Waals surface area contributed by atoms with Crippen LogP contribution in [0, 0.1) is 5.92 Å². The molecule has 1 aromatic carbocycles. The van der Waals surface area contributed by atoms with Crippen LogP contribution in [0.2, 0.25) is 0 Å². The lowest BCUT2D eigenvalue weighted by atomic mass is 9.84. The van der Waals surface area contributed by atoms with Crippen LogP contribution in [0.4, 0.5) is 5.69 Å². The molecule has 0 radical (unpaired) electrons. The van der Waals surface area contributed by atoms with Gasteiger partial charge in [0, 0.05) is 37.5 Å². The number of hydrogen-bond donors (Lipinski definition) is 1. The van der Waals surface area contributed by atoms with Gasteiger partial charge in [0.05, 0.1) is 18.9 Å². The maximum atomic E-state index is 13.9. The summed E-state index contributed by atoms with van der Waals surface area (Å²) in [7, 11) is 1.92. The van der Waals surface area contributed by atoms with Gasteiger partial charge in [0.15, 0.2) is 36.7 Å². The van der Waals surface area contributed by atoms with Crippen molar-refractivity contribution in [3.8, 4) is 11.5 Å². The lowest BCUT2D eigenvalue weighted by Crippen LogP contribution is -2.46. The number of carbonyl (C=O) groups is 3. The Kier molecular flexibility index (Phi) is 8.78. The number of unbranched alkanes of at least 4 members (excludes halogenated alkanes) is 1. The number of aromatic nitrogens is 1. The molecular formula is C31H38N4O6+2. The van der Waals surface area contributed by atoms with Gasteiger partial charge in [0.2, 0.25) is 12.7 Å². The number of benzene rings is 1. The molecule has 41 heavy (non-hydrogen) atoms. The number of carbonyl (C=O) groups excluding carboxylic acids is 2. The highest BCUT2D eigenvalue weighted by atomic mass is 16.7. The molecule has 1 N–H and O–H groups in total. The highest BCUT2D eigenvalue weighted by Crippen LogP contribution is 2.42. The summed E-state index contributed by atoms with van der Waals surface area (Å²) in [4.78, 5) is 43.0. The second-order valence-corrected chi connectivity index (χ2v) is 10.9. The summed E-state index contributed by atoms with van der Waals surface area (Å²) in [5.74, 6) is -0.905. The Morgan fingerprint density at radius 1 is 1.20 bits per heavy atom. The normalized spacial score (nSPS) is 21.7. The number of aryl methyl sites for hydroxylation is 1. The van der Waals surface area contributed by atoms with E-state index in [-0.39, 0.29) is 31.1 Å². The van der Waals surface area contributed by atoms with Crippen LogP contribution in [0.25, 0.3) is 0 Å². The van der Waals surface area contributed by atoms with Crippen LogP contribution in [0.1, 0.15) is 44.1 Å². The molecule has 3 aliphatic rings. The Bertz CT molecular complexity index is 1370. The Hall–Kier alpha value is -4.05. The third-order valence-corrected chi connectivity index (χ3v) is 8.15. The number of ether oxygens (including phenoxy) is 2. The van der Waals surface area contributed by atoms with Crippen molar-refractivity contribution in [1.29, 1.82) is 0 Å². The Balaban J connectivity index is 1.44. The van der Waals surface area contributed by atoms with Gasteiger partial charge in [-0.2, -0.15) is 4.58 Å². The number of nitrogens with zero attached hydrogens (tertiary/aromatic N) is 4. The number of aliphatic carboxylic acids is 1. The van der Waals surface area contributed by atoms with E-state index in [9.17, 15) is 19.5 Å². The number of allylic oxidation sites excluding steroid dienone is 1. The number of amides is 2. The van der Waals surface area contributed by atoms with Crippen molar-refractivity contribution < 1.29 is 38.1 Å². The quantitative estimate of drug-likeness (QED) is 0.420. The molecule has 5 rings (SSSR count). The van der Waals surface area contributed by atoms with Crippen molar-refractivity contribution in [2.24, 2.45) is 13.0 Å². The van der Waals surface area contributed by atoms with Crippen LogP contribution in [-0.4, -0.2) is 77.6 Å². The summed E-state index contributed by atoms with van der Waals surface area (Å²) in [6.07, 6.45) is 11.8. The first kappa shape index (κ1) is 28.5. The molecule has 2 amide bonds. The third kappa shape index (κ3) is 6.32. The summed E-state index contributed by atoms with van der Waals surface area (Å²) in [5.41, 5.74) is 1.65. The number of pyridine rings is 1. The van der Waals surface area contributed by atoms with E-state index in [1.54, 1.807) is 15.7 Å². The molecule has 0 saturated carbocycles. The van der Waals surface area contributed by atoms with Gasteiger partial charge in [0.25, 0.3) is 0 Å². The van der Waals surface area contributed by atoms with E-state index in [0.717, 1.165) is 24.1 Å². The average molecular weight is 563 g/mol. The monoisotopic (exact) mass is 562 g/mol. The fourth-order valence-electron chi connectivity index (χ4n) is 6.04. The standard InChI is InChI=1S/C31H37N4O6/c1-3-4-15-35(23-8-7-13-32(2)18-23)29(37)20-34-19-24(22-10-11-26-27(17-22)41-21-40-26)30(31(38)39)25(34)12-16-33-14-6-5-9-28(33)36/h5-8,10-11,13-14,17-18,24-25,30H,3-4,9,12,15-16,19-21H2,1-2H3/q+1/p+1/t24-,25+,30-/m1/s1. The predicted octanol–water partition coefficient (Wildman–Crippen LogP) is 2.50. The zero-order valence-electron chi connectivity index (χ0n) is 23.6. The van der Waals surface area contributed by atoms with Gasteiger partial charge in [-0.05, 0) is 36.3 Å². The second kappa shape index (κ2) is 12.6. The van der Waals surface area contributed by atoms with Crippen molar-refractivity contribution in [3.63, 3.8) is 0 Å². The Morgan fingerprint density at radius 2 is 2.02 bits per heavy atom. The SMILES string of the molecule is CCCCN(C(=O)CN1C[C@H](c2ccc3c(c2)OCO3)[C@@H](C(=O)O)[C@@H]1CC[N+]1=CC=CCC1=O)c1ccc[n+](C)c1. The summed E-state index contributed by atoms with van der Waals surface area (Å²) < 4.78 is 14.6. The minimum atomic E-state index is -0.917. The molecule has 1 aromatic heterocycles. The lowest BCUT2D eigenvalue weighted by molar-refractivity contribution is -0.670. The molecule has 3 aliphatic heterocycles. The lowest BCUT2D eigenvalue weighted by Gasteiger charge is -2.29. The summed E-state index contributed by atoms with van der Waals surface area (Å²) in [5, 5.41) is 10.5. The first-order valence-electron chi connectivity index (χ1n) is 14.3. The van der Waals surface area contributed by atoms with Crippen LogP contribution < -0.4 is 18.9 Å². The molecule has 0 unspecified atom stereocenters. The van der Waals surface area contributed by atoms with Gasteiger partial charge in [-0.25, -0.2) is 9.36 Å². The van der Waals surface area contributed by atoms with Gasteiger partial charge in [-0.15, -0.1) is 0 Å². The maximum Gasteiger partial charge on any atom is 0.390 e. The van der Waals surface area contributed by atoms with Gasteiger partial charge < -0.3 is 19.5 Å². The molecule has 1 saturated heterocycles. The van der Waals surface area contributed by atoms with Crippen molar-refractivity contribution in [3.05, 3.63) is 60.4 Å². The number of rotatable bonds is 11. The molecular weight excluding hydrogens is 524 g/mol. The molecule has 10 nitrogen and oxygen atoms in total. The fourth-order valence-corrected chi connectivity index (χ4v) is 6.04. The van der Waals surface area contributed by atoms with Crippen LogP contribution in [0.15, 0.2) is 54.9 Å². The smallest absolute Gasteiger partial charge is 0.390 e. The first-order chi connectivity index (χ1) is 19.9. The van der Waals surface area contributed by atoms with Crippen LogP contribution in [0.3, 0.4) is 0 Å². The summed E-state index contributed by atoms with van der Waals surface area (Å²) >= 11 is 0. The highest BCUT2D eigenvalue weighted by molar-refractivity contribution is 5.94. The van der Waals surface area contributed by atoms with Crippen molar-refractivity contribution in [1.82, 2.24) is 4.90 Å². The number of hydrogen-bond acceptors (Lipinski definition) is 6. The van der Waals surface area contributed by atoms with Crippen LogP contribution in [0.5, 0.6) is 11.5 Å². The molecule has 0 spiro atoms. The summed E-state index contributed by atoms with van der Waals surface area (Å²) in [6.45, 7) is 3.66. The number of carboxylic acid groups (broad SMARTS) is 1. The molecule has 1 fully saturated rings. The predicted molar refractivity (Wildman–Crippen MR) is 151 cm³/mol. The second-order valence-electron chi connectivity index (χ2n) is 10.9. The fraction of sp³-hybridized carbons (Fsp3) is 0.452. The first-order valence-corrected chi connectivity index (χ1v) is 14.3. The largest absolute Gasteiger partial charge is 0.481 e. The Morgan fingerprint density at radius 3 is 2.78 bits per heavy atom. The van der Waals surface area contributed by atoms with Gasteiger partial charge >= 0.3 is 11.9 Å². The molecule has 2 aromatic rings. The highest BCUT2D eigenvalue weighted by Gasteiger charge is 2.48. The van der Waals surface area contributed by atoms with Gasteiger partial charge in [-0.3, -0.25) is 14.5 Å². The number of anilines is 1. The van der Waals surface area contributed by atoms with Crippen molar-refractivity contribution in [2.75, 3.05) is 37.9 Å². The number of fused-ring (bicyclic) bond motifs is 1. The molecule has 216 valence electrons. The van der Waals surface area contributed by atoms with E-state index in [1.807, 2.05) is 71.4 Å². The van der Waals surface area contributed by atoms with Gasteiger partial charge in [-0.1, -0.05) is 25.5 Å². The maximum absolute atomic E-state index is 13.9. The molecule has 10 heteroatoms. The summed E-state index contributed by atoms with van der Waals surface area (Å²) in [6, 6.07) is 8.96.